The minimum atomic E-state index is -1.40. The zero-order valence-corrected chi connectivity index (χ0v) is 23.0. The quantitative estimate of drug-likeness (QED) is 0.346. The first-order chi connectivity index (χ1) is 18.9. The van der Waals surface area contributed by atoms with E-state index in [-0.39, 0.29) is 48.5 Å². The van der Waals surface area contributed by atoms with Crippen molar-refractivity contribution in [3.05, 3.63) is 64.6 Å². The van der Waals surface area contributed by atoms with Gasteiger partial charge >= 0.3 is 6.03 Å². The molecule has 1 fully saturated rings. The molecule has 3 N–H and O–H groups in total. The molecule has 2 unspecified atom stereocenters. The number of hydrogen-bond acceptors (Lipinski definition) is 4. The fraction of sp³-hybridized carbons (Fsp3) is 0.357. The van der Waals surface area contributed by atoms with Crippen molar-refractivity contribution in [2.75, 3.05) is 11.9 Å². The van der Waals surface area contributed by atoms with E-state index in [1.54, 1.807) is 28.8 Å². The average molecular weight is 574 g/mol. The summed E-state index contributed by atoms with van der Waals surface area (Å²) in [7, 11) is 0. The Bertz CT molecular complexity index is 1470. The Kier molecular flexibility index (Phi) is 8.73. The van der Waals surface area contributed by atoms with E-state index in [2.05, 4.69) is 16.0 Å². The van der Waals surface area contributed by atoms with E-state index >= 15 is 0 Å². The fourth-order valence-electron chi connectivity index (χ4n) is 4.75. The molecule has 0 saturated carbocycles. The molecule has 9 nitrogen and oxygen atoms in total. The number of likely N-dealkylation sites (tertiary alicyclic amines) is 1. The lowest BCUT2D eigenvalue weighted by molar-refractivity contribution is -0.139. The summed E-state index contributed by atoms with van der Waals surface area (Å²) in [5, 5.41) is 8.46. The smallest absolute Gasteiger partial charge is 0.319 e. The first kappa shape index (κ1) is 29.0. The summed E-state index contributed by atoms with van der Waals surface area (Å²) >= 11 is 5.79. The number of amides is 4. The third-order valence-electron chi connectivity index (χ3n) is 6.60. The zero-order valence-electron chi connectivity index (χ0n) is 22.3. The molecule has 0 radical (unpaired) electrons. The normalized spacial score (nSPS) is 16.8. The number of ketones is 1. The highest BCUT2D eigenvalue weighted by Crippen LogP contribution is 2.27. The molecule has 2 aromatic carbocycles. The third-order valence-corrected chi connectivity index (χ3v) is 6.89. The molecule has 1 aliphatic rings. The summed E-state index contributed by atoms with van der Waals surface area (Å²) in [6.45, 7) is 4.36. The number of rotatable bonds is 8. The molecule has 0 bridgehead atoms. The van der Waals surface area contributed by atoms with Crippen LogP contribution in [0.5, 0.6) is 0 Å². The van der Waals surface area contributed by atoms with E-state index in [1.165, 1.54) is 30.2 Å². The third kappa shape index (κ3) is 6.41. The maximum Gasteiger partial charge on any atom is 0.319 e. The SMILES string of the molecule is CC(=O)c1cn(CC(=O)N2CC(F)CC2C(=O)NCc2cccc(Cl)c2F)c2ccc(NC(=O)NC(C)C)cc12. The van der Waals surface area contributed by atoms with Gasteiger partial charge in [-0.15, -0.1) is 0 Å². The molecule has 1 aromatic heterocycles. The van der Waals surface area contributed by atoms with Crippen LogP contribution in [0.25, 0.3) is 10.9 Å². The number of carbonyl (C=O) groups is 4. The molecular formula is C28H30ClF2N5O4. The van der Waals surface area contributed by atoms with E-state index in [0.717, 1.165) is 0 Å². The second kappa shape index (κ2) is 12.0. The Labute approximate surface area is 234 Å². The lowest BCUT2D eigenvalue weighted by atomic mass is 10.1. The molecule has 2 heterocycles. The summed E-state index contributed by atoms with van der Waals surface area (Å²) in [4.78, 5) is 51.9. The molecule has 40 heavy (non-hydrogen) atoms. The highest BCUT2D eigenvalue weighted by molar-refractivity contribution is 6.30. The van der Waals surface area contributed by atoms with Crippen LogP contribution in [0.4, 0.5) is 19.3 Å². The maximum absolute atomic E-state index is 14.4. The van der Waals surface area contributed by atoms with Gasteiger partial charge in [0.15, 0.2) is 5.78 Å². The minimum absolute atomic E-state index is 0.0676. The van der Waals surface area contributed by atoms with E-state index < -0.39 is 35.9 Å². The van der Waals surface area contributed by atoms with Gasteiger partial charge in [0.25, 0.3) is 0 Å². The lowest BCUT2D eigenvalue weighted by Gasteiger charge is -2.24. The second-order valence-corrected chi connectivity index (χ2v) is 10.4. The summed E-state index contributed by atoms with van der Waals surface area (Å²) in [6, 6.07) is 7.83. The maximum atomic E-state index is 14.4. The van der Waals surface area contributed by atoms with Crippen LogP contribution in [-0.4, -0.2) is 57.9 Å². The van der Waals surface area contributed by atoms with Crippen LogP contribution in [0.3, 0.4) is 0 Å². The monoisotopic (exact) mass is 573 g/mol. The van der Waals surface area contributed by atoms with Crippen LogP contribution in [0.2, 0.25) is 5.02 Å². The molecule has 3 aromatic rings. The molecule has 4 rings (SSSR count). The number of halogens is 3. The van der Waals surface area contributed by atoms with E-state index in [4.69, 9.17) is 11.6 Å². The Morgan fingerprint density at radius 2 is 1.90 bits per heavy atom. The van der Waals surface area contributed by atoms with E-state index in [0.29, 0.717) is 22.2 Å². The number of benzene rings is 2. The van der Waals surface area contributed by atoms with Crippen molar-refractivity contribution < 1.29 is 28.0 Å². The van der Waals surface area contributed by atoms with Crippen molar-refractivity contribution in [3.8, 4) is 0 Å². The number of alkyl halides is 1. The van der Waals surface area contributed by atoms with E-state index in [1.807, 2.05) is 13.8 Å². The number of fused-ring (bicyclic) bond motifs is 1. The number of anilines is 1. The van der Waals surface area contributed by atoms with Crippen LogP contribution in [-0.2, 0) is 22.7 Å². The van der Waals surface area contributed by atoms with Gasteiger partial charge in [0.05, 0.1) is 11.6 Å². The van der Waals surface area contributed by atoms with Gasteiger partial charge in [-0.3, -0.25) is 14.4 Å². The van der Waals surface area contributed by atoms with Gasteiger partial charge in [0, 0.05) is 52.9 Å². The molecule has 2 atom stereocenters. The summed E-state index contributed by atoms with van der Waals surface area (Å²) in [5.41, 5.74) is 1.53. The number of aromatic nitrogens is 1. The van der Waals surface area contributed by atoms with Gasteiger partial charge in [0.2, 0.25) is 11.8 Å². The Balaban J connectivity index is 1.51. The van der Waals surface area contributed by atoms with Crippen molar-refractivity contribution >= 4 is 51.8 Å². The predicted molar refractivity (Wildman–Crippen MR) is 148 cm³/mol. The van der Waals surface area contributed by atoms with E-state index in [9.17, 15) is 28.0 Å². The number of hydrogen-bond donors (Lipinski definition) is 3. The number of nitrogens with zero attached hydrogens (tertiary/aromatic N) is 2. The molecule has 0 aliphatic carbocycles. The largest absolute Gasteiger partial charge is 0.350 e. The van der Waals surface area contributed by atoms with Crippen molar-refractivity contribution in [1.82, 2.24) is 20.1 Å². The number of carbonyl (C=O) groups excluding carboxylic acids is 4. The lowest BCUT2D eigenvalue weighted by Crippen LogP contribution is -2.46. The van der Waals surface area contributed by atoms with Crippen molar-refractivity contribution in [2.24, 2.45) is 0 Å². The molecular weight excluding hydrogens is 544 g/mol. The summed E-state index contributed by atoms with van der Waals surface area (Å²) in [5.74, 6) is -2.02. The second-order valence-electron chi connectivity index (χ2n) is 10.0. The molecule has 12 heteroatoms. The Hall–Kier alpha value is -3.99. The molecule has 1 saturated heterocycles. The van der Waals surface area contributed by atoms with Gasteiger partial charge in [-0.1, -0.05) is 23.7 Å². The van der Waals surface area contributed by atoms with Crippen LogP contribution in [0.1, 0.15) is 43.1 Å². The van der Waals surface area contributed by atoms with Crippen LogP contribution in [0, 0.1) is 5.82 Å². The van der Waals surface area contributed by atoms with Crippen molar-refractivity contribution in [1.29, 1.82) is 0 Å². The fourth-order valence-corrected chi connectivity index (χ4v) is 4.94. The van der Waals surface area contributed by atoms with Crippen LogP contribution in [0.15, 0.2) is 42.6 Å². The Morgan fingerprint density at radius 1 is 1.15 bits per heavy atom. The molecule has 4 amide bonds. The zero-order chi connectivity index (χ0) is 29.1. The molecule has 0 spiro atoms. The van der Waals surface area contributed by atoms with Gasteiger partial charge in [-0.05, 0) is 45.0 Å². The summed E-state index contributed by atoms with van der Waals surface area (Å²) in [6.07, 6.45) is -0.0562. The van der Waals surface area contributed by atoms with Gasteiger partial charge in [0.1, 0.15) is 24.6 Å². The van der Waals surface area contributed by atoms with Crippen molar-refractivity contribution in [2.45, 2.75) is 58.5 Å². The van der Waals surface area contributed by atoms with Gasteiger partial charge in [-0.2, -0.15) is 0 Å². The summed E-state index contributed by atoms with van der Waals surface area (Å²) < 4.78 is 30.2. The van der Waals surface area contributed by atoms with Crippen LogP contribution >= 0.6 is 11.6 Å². The van der Waals surface area contributed by atoms with Crippen molar-refractivity contribution in [3.63, 3.8) is 0 Å². The number of Topliss-reactive ketones (excluding diaryl/α,β-unsaturated/α-hetero) is 1. The number of urea groups is 1. The topological polar surface area (TPSA) is 113 Å². The molecule has 1 aliphatic heterocycles. The number of nitrogens with one attached hydrogen (secondary N) is 3. The van der Waals surface area contributed by atoms with Crippen LogP contribution < -0.4 is 16.0 Å². The highest BCUT2D eigenvalue weighted by atomic mass is 35.5. The van der Waals surface area contributed by atoms with Gasteiger partial charge in [-0.25, -0.2) is 13.6 Å². The Morgan fingerprint density at radius 3 is 2.60 bits per heavy atom. The first-order valence-corrected chi connectivity index (χ1v) is 13.2. The molecule has 212 valence electrons. The predicted octanol–water partition coefficient (Wildman–Crippen LogP) is 4.42. The minimum Gasteiger partial charge on any atom is -0.350 e. The standard InChI is InChI=1S/C28H30ClF2N5O4/c1-15(2)33-28(40)34-19-7-8-23-20(10-19)21(16(3)37)13-35(23)14-25(38)36-12-18(30)9-24(36)27(39)32-11-17-5-4-6-22(29)26(17)31/h4-8,10,13,15,18,24H,9,11-12,14H2,1-3H3,(H,32,39)(H2,33,34,40). The first-order valence-electron chi connectivity index (χ1n) is 12.8. The highest BCUT2D eigenvalue weighted by Gasteiger charge is 2.39. The van der Waals surface area contributed by atoms with Gasteiger partial charge < -0.3 is 25.4 Å². The average Bonchev–Trinajstić information content (AvgIpc) is 3.45.